The largest absolute Gasteiger partial charge is 0.386 e. The Morgan fingerprint density at radius 3 is 1.20 bits per heavy atom. The molecule has 3 heteroatoms. The van der Waals surface area contributed by atoms with Crippen LogP contribution in [0.3, 0.4) is 0 Å². The summed E-state index contributed by atoms with van der Waals surface area (Å²) in [4.78, 5) is 0. The number of alkyl halides is 3. The lowest BCUT2D eigenvalue weighted by Crippen LogP contribution is -1.95. The minimum atomic E-state index is -4.00. The summed E-state index contributed by atoms with van der Waals surface area (Å²) in [6.07, 6.45) is -4.00. The second-order valence-corrected chi connectivity index (χ2v) is 0.781. The molecule has 0 bridgehead atoms. The van der Waals surface area contributed by atoms with Gasteiger partial charge in [-0.3, -0.25) is 0 Å². The van der Waals surface area contributed by atoms with Crippen LogP contribution < -0.4 is 0 Å². The van der Waals surface area contributed by atoms with Crippen molar-refractivity contribution in [1.29, 1.82) is 0 Å². The van der Waals surface area contributed by atoms with Crippen molar-refractivity contribution in [3.63, 3.8) is 0 Å². The molecule has 0 saturated carbocycles. The van der Waals surface area contributed by atoms with E-state index in [9.17, 15) is 13.2 Å². The number of rotatable bonds is 0. The van der Waals surface area contributed by atoms with Crippen LogP contribution in [0.1, 0.15) is 6.92 Å². The van der Waals surface area contributed by atoms with Crippen LogP contribution in [0, 0.1) is 0 Å². The van der Waals surface area contributed by atoms with E-state index in [1.54, 1.807) is 0 Å². The van der Waals surface area contributed by atoms with Gasteiger partial charge in [-0.05, 0) is 0 Å². The Morgan fingerprint density at radius 2 is 1.20 bits per heavy atom. The van der Waals surface area contributed by atoms with Gasteiger partial charge in [-0.2, -0.15) is 13.2 Å². The first-order valence-electron chi connectivity index (χ1n) is 1.07. The molecular weight excluding hydrogens is 80.0 g/mol. The van der Waals surface area contributed by atoms with Gasteiger partial charge in [0.15, 0.2) is 0 Å². The van der Waals surface area contributed by atoms with Crippen molar-refractivity contribution in [3.05, 3.63) is 0 Å². The van der Waals surface area contributed by atoms with Gasteiger partial charge in [0.2, 0.25) is 0 Å². The van der Waals surface area contributed by atoms with Crippen molar-refractivity contribution in [1.82, 2.24) is 0 Å². The third-order valence-electron chi connectivity index (χ3n) is 0. The maximum Gasteiger partial charge on any atom is 0.386 e. The zero-order valence-electron chi connectivity index (χ0n) is 2.63. The molecule has 0 aliphatic heterocycles. The molecule has 0 rings (SSSR count). The second-order valence-electron chi connectivity index (χ2n) is 0.781. The molecule has 0 heterocycles. The molecule has 0 spiro atoms. The maximum atomic E-state index is 10.4. The van der Waals surface area contributed by atoms with Crippen molar-refractivity contribution in [2.75, 3.05) is 0 Å². The SMILES string of the molecule is C[11C](F)(F)F. The van der Waals surface area contributed by atoms with E-state index in [1.807, 2.05) is 0 Å². The molecule has 0 amide bonds. The summed E-state index contributed by atoms with van der Waals surface area (Å²) in [6, 6.07) is 0. The van der Waals surface area contributed by atoms with Crippen LogP contribution in [0.4, 0.5) is 13.2 Å². The monoisotopic (exact) mass is 83.0 g/mol. The van der Waals surface area contributed by atoms with E-state index < -0.39 is 6.18 Å². The molecule has 0 saturated heterocycles. The first kappa shape index (κ1) is 4.79. The highest BCUT2D eigenvalue weighted by atomic mass is 19.4. The van der Waals surface area contributed by atoms with Crippen LogP contribution in [0.2, 0.25) is 0 Å². The van der Waals surface area contributed by atoms with Gasteiger partial charge in [-0.15, -0.1) is 0 Å². The highest BCUT2D eigenvalue weighted by Gasteiger charge is 2.15. The molecule has 0 unspecified atom stereocenters. The van der Waals surface area contributed by atoms with Crippen LogP contribution in [0.5, 0.6) is 0 Å². The number of hydrogen-bond donors (Lipinski definition) is 0. The van der Waals surface area contributed by atoms with E-state index in [0.717, 1.165) is 0 Å². The predicted molar refractivity (Wildman–Crippen MR) is 11.7 cm³/mol. The molecule has 0 nitrogen and oxygen atoms in total. The van der Waals surface area contributed by atoms with Crippen LogP contribution in [-0.4, -0.2) is 6.18 Å². The summed E-state index contributed by atoms with van der Waals surface area (Å²) < 4.78 is 31.1. The summed E-state index contributed by atoms with van der Waals surface area (Å²) in [5, 5.41) is 0. The van der Waals surface area contributed by atoms with Gasteiger partial charge in [0, 0.05) is 6.92 Å². The molecule has 0 aliphatic rings. The minimum absolute atomic E-state index is 0.188. The van der Waals surface area contributed by atoms with Gasteiger partial charge >= 0.3 is 6.18 Å². The van der Waals surface area contributed by atoms with Gasteiger partial charge in [0.05, 0.1) is 0 Å². The van der Waals surface area contributed by atoms with Crippen LogP contribution >= 0.6 is 0 Å². The molecule has 0 aliphatic carbocycles. The molecule has 0 aromatic heterocycles. The Hall–Kier alpha value is -0.210. The standard InChI is InChI=1S/C2H3F3/c1-2(3,4)5/h1H3/i2-1. The molecule has 0 N–H and O–H groups in total. The molecule has 0 radical (unpaired) electrons. The van der Waals surface area contributed by atoms with Crippen molar-refractivity contribution in [3.8, 4) is 0 Å². The van der Waals surface area contributed by atoms with Crippen LogP contribution in [0.25, 0.3) is 0 Å². The van der Waals surface area contributed by atoms with Crippen molar-refractivity contribution >= 4 is 0 Å². The highest BCUT2D eigenvalue weighted by molar-refractivity contribution is 4.26. The molecule has 0 aromatic rings. The number of hydrogen-bond acceptors (Lipinski definition) is 0. The van der Waals surface area contributed by atoms with Crippen LogP contribution in [0.15, 0.2) is 0 Å². The summed E-state index contributed by atoms with van der Waals surface area (Å²) in [5.74, 6) is 0. The first-order chi connectivity index (χ1) is 2.00. The zero-order valence-corrected chi connectivity index (χ0v) is 2.63. The topological polar surface area (TPSA) is 0 Å². The minimum Gasteiger partial charge on any atom is -0.172 e. The molecular formula is C2H3F3. The third kappa shape index (κ3) is 275. The first-order valence-corrected chi connectivity index (χ1v) is 1.07. The predicted octanol–water partition coefficient (Wildman–Crippen LogP) is 1.57. The van der Waals surface area contributed by atoms with E-state index in [-0.39, 0.29) is 6.92 Å². The Morgan fingerprint density at radius 1 is 1.20 bits per heavy atom. The Bertz CT molecular complexity index is 20.4. The normalized spacial score (nSPS) is 12.0. The van der Waals surface area contributed by atoms with Gasteiger partial charge in [0.25, 0.3) is 0 Å². The van der Waals surface area contributed by atoms with E-state index in [1.165, 1.54) is 0 Å². The smallest absolute Gasteiger partial charge is 0.172 e. The van der Waals surface area contributed by atoms with Crippen molar-refractivity contribution in [2.24, 2.45) is 0 Å². The Labute approximate surface area is 27.6 Å². The number of halogens is 3. The van der Waals surface area contributed by atoms with E-state index in [4.69, 9.17) is 0 Å². The molecule has 0 atom stereocenters. The molecule has 0 fully saturated rings. The molecule has 5 heavy (non-hydrogen) atoms. The molecule has 0 aromatic carbocycles. The van der Waals surface area contributed by atoms with Gasteiger partial charge in [-0.1, -0.05) is 0 Å². The lowest BCUT2D eigenvalue weighted by molar-refractivity contribution is -0.110. The average molecular weight is 83.0 g/mol. The zero-order chi connectivity index (χ0) is 4.50. The Kier molecular flexibility index (Phi) is 0.843. The third-order valence-corrected chi connectivity index (χ3v) is 0. The second kappa shape index (κ2) is 0.880. The van der Waals surface area contributed by atoms with Crippen molar-refractivity contribution in [2.45, 2.75) is 13.1 Å². The van der Waals surface area contributed by atoms with Crippen molar-refractivity contribution < 1.29 is 13.2 Å². The van der Waals surface area contributed by atoms with E-state index in [2.05, 4.69) is 0 Å². The van der Waals surface area contributed by atoms with Gasteiger partial charge in [0.1, 0.15) is 0 Å². The fourth-order valence-corrected chi connectivity index (χ4v) is 0. The average Bonchev–Trinajstić information content (AvgIpc) is 0.722. The van der Waals surface area contributed by atoms with E-state index in [0.29, 0.717) is 0 Å². The van der Waals surface area contributed by atoms with Crippen LogP contribution in [-0.2, 0) is 0 Å². The summed E-state index contributed by atoms with van der Waals surface area (Å²) in [7, 11) is 0. The fraction of sp³-hybridized carbons (Fsp3) is 1.00. The Balaban J connectivity index is 3.02. The lowest BCUT2D eigenvalue weighted by atomic mass is 10.1. The summed E-state index contributed by atoms with van der Waals surface area (Å²) in [5.41, 5.74) is 0. The van der Waals surface area contributed by atoms with Gasteiger partial charge < -0.3 is 0 Å². The highest BCUT2D eigenvalue weighted by Crippen LogP contribution is 2.10. The summed E-state index contributed by atoms with van der Waals surface area (Å²) >= 11 is 0. The lowest BCUT2D eigenvalue weighted by Gasteiger charge is -1.88. The van der Waals surface area contributed by atoms with E-state index >= 15 is 0 Å². The summed E-state index contributed by atoms with van der Waals surface area (Å²) in [6.45, 7) is 0.188. The fourth-order valence-electron chi connectivity index (χ4n) is 0. The maximum absolute atomic E-state index is 10.4. The quantitative estimate of drug-likeness (QED) is 0.417. The molecule has 32 valence electrons. The van der Waals surface area contributed by atoms with Gasteiger partial charge in [-0.25, -0.2) is 0 Å².